The number of rotatable bonds is 2. The first kappa shape index (κ1) is 25.1. The fourth-order valence-corrected chi connectivity index (χ4v) is 8.56. The van der Waals surface area contributed by atoms with Gasteiger partial charge < -0.3 is 14.4 Å². The maximum absolute atomic E-state index is 6.70. The maximum atomic E-state index is 6.70. The Morgan fingerprint density at radius 3 is 2.23 bits per heavy atom. The summed E-state index contributed by atoms with van der Waals surface area (Å²) in [5.41, 5.74) is 13.2. The van der Waals surface area contributed by atoms with Crippen LogP contribution in [0.25, 0.3) is 27.9 Å². The highest BCUT2D eigenvalue weighted by atomic mass is 16.5. The number of benzene rings is 5. The third kappa shape index (κ3) is 2.96. The lowest BCUT2D eigenvalue weighted by atomic mass is 9.81. The van der Waals surface area contributed by atoms with Crippen LogP contribution in [0.5, 0.6) is 23.1 Å². The van der Waals surface area contributed by atoms with Gasteiger partial charge in [0.05, 0.1) is 29.2 Å². The zero-order chi connectivity index (χ0) is 31.0. The van der Waals surface area contributed by atoms with E-state index in [1.54, 1.807) is 0 Å². The van der Waals surface area contributed by atoms with Crippen LogP contribution < -0.4 is 23.6 Å². The number of anilines is 3. The fourth-order valence-electron chi connectivity index (χ4n) is 8.56. The Morgan fingerprint density at radius 2 is 1.36 bits per heavy atom. The molecule has 0 bridgehead atoms. The van der Waals surface area contributed by atoms with E-state index in [1.807, 2.05) is 18.2 Å². The van der Waals surface area contributed by atoms with Crippen molar-refractivity contribution in [2.45, 2.75) is 19.5 Å². The Balaban J connectivity index is 1.23. The second kappa shape index (κ2) is 8.56. The van der Waals surface area contributed by atoms with Crippen molar-refractivity contribution < 1.29 is 18.7 Å². The van der Waals surface area contributed by atoms with Gasteiger partial charge in [0.2, 0.25) is 6.20 Å². The SMILES string of the molecule is Cc1cc(-c2ccccc2)cc(C)c1-c1cn2[n+](c1)C13c4c(cccc4N4c5ccccc5Oc5ccc-2c1c54)Oc1cccc[n+]13. The van der Waals surface area contributed by atoms with Gasteiger partial charge in [0.25, 0.3) is 0 Å². The average molecular weight is 609 g/mol. The van der Waals surface area contributed by atoms with E-state index in [9.17, 15) is 0 Å². The summed E-state index contributed by atoms with van der Waals surface area (Å²) in [6.07, 6.45) is 6.77. The number of fused-ring (bicyclic) bond motifs is 6. The molecule has 0 saturated carbocycles. The number of para-hydroxylation sites is 2. The molecule has 4 aliphatic rings. The first-order chi connectivity index (χ1) is 23.1. The molecule has 0 radical (unpaired) electrons. The first-order valence-electron chi connectivity index (χ1n) is 16.0. The number of pyridine rings is 1. The smallest absolute Gasteiger partial charge is 0.449 e. The van der Waals surface area contributed by atoms with E-state index in [0.29, 0.717) is 0 Å². The van der Waals surface area contributed by atoms with Crippen molar-refractivity contribution in [3.63, 3.8) is 0 Å². The number of aryl methyl sites for hydroxylation is 2. The minimum absolute atomic E-state index is 0.752. The van der Waals surface area contributed by atoms with Crippen LogP contribution in [-0.2, 0) is 5.66 Å². The van der Waals surface area contributed by atoms with Crippen LogP contribution in [0, 0.1) is 13.8 Å². The number of hydrogen-bond donors (Lipinski definition) is 0. The highest BCUT2D eigenvalue weighted by Crippen LogP contribution is 2.63. The van der Waals surface area contributed by atoms with Crippen LogP contribution in [0.2, 0.25) is 0 Å². The summed E-state index contributed by atoms with van der Waals surface area (Å²) in [4.78, 5) is 2.37. The van der Waals surface area contributed by atoms with Crippen LogP contribution >= 0.6 is 0 Å². The summed E-state index contributed by atoms with van der Waals surface area (Å²) in [5, 5.41) is 0. The molecule has 5 aromatic carbocycles. The van der Waals surface area contributed by atoms with Gasteiger partial charge >= 0.3 is 11.5 Å². The Hall–Kier alpha value is -6.14. The van der Waals surface area contributed by atoms with Crippen molar-refractivity contribution in [2.24, 2.45) is 0 Å². The highest BCUT2D eigenvalue weighted by Gasteiger charge is 2.72. The molecule has 222 valence electrons. The fraction of sp³-hybridized carbons (Fsp3) is 0.0732. The third-order valence-electron chi connectivity index (χ3n) is 10.3. The first-order valence-corrected chi connectivity index (χ1v) is 16.0. The van der Waals surface area contributed by atoms with Crippen LogP contribution in [0.1, 0.15) is 22.3 Å². The molecule has 0 N–H and O–H groups in total. The van der Waals surface area contributed by atoms with E-state index in [2.05, 4.69) is 148 Å². The number of ether oxygens (including phenoxy) is 2. The number of nitrogens with zero attached hydrogens (tertiary/aromatic N) is 4. The zero-order valence-electron chi connectivity index (χ0n) is 25.8. The summed E-state index contributed by atoms with van der Waals surface area (Å²) in [6.45, 7) is 4.45. The van der Waals surface area contributed by atoms with Crippen molar-refractivity contribution in [2.75, 3.05) is 4.90 Å². The summed E-state index contributed by atoms with van der Waals surface area (Å²) in [5.74, 6) is 3.32. The van der Waals surface area contributed by atoms with E-state index in [0.717, 1.165) is 51.4 Å². The minimum atomic E-state index is -0.752. The van der Waals surface area contributed by atoms with Crippen LogP contribution in [0.15, 0.2) is 134 Å². The molecular formula is C41H28N4O2+2. The van der Waals surface area contributed by atoms with E-state index in [-0.39, 0.29) is 0 Å². The largest absolute Gasteiger partial charge is 0.453 e. The van der Waals surface area contributed by atoms with Crippen molar-refractivity contribution in [3.05, 3.63) is 156 Å². The third-order valence-corrected chi connectivity index (χ3v) is 10.3. The summed E-state index contributed by atoms with van der Waals surface area (Å²) < 4.78 is 20.4. The van der Waals surface area contributed by atoms with E-state index >= 15 is 0 Å². The molecule has 0 aliphatic carbocycles. The average Bonchev–Trinajstić information content (AvgIpc) is 3.64. The highest BCUT2D eigenvalue weighted by molar-refractivity contribution is 5.95. The normalized spacial score (nSPS) is 16.7. The molecule has 7 aromatic rings. The second-order valence-corrected chi connectivity index (χ2v) is 12.8. The van der Waals surface area contributed by atoms with Crippen molar-refractivity contribution in [1.82, 2.24) is 4.68 Å². The molecule has 1 unspecified atom stereocenters. The van der Waals surface area contributed by atoms with Gasteiger partial charge in [-0.1, -0.05) is 65.2 Å². The van der Waals surface area contributed by atoms with E-state index in [4.69, 9.17) is 9.47 Å². The molecule has 0 amide bonds. The van der Waals surface area contributed by atoms with Crippen molar-refractivity contribution in [1.29, 1.82) is 0 Å². The van der Waals surface area contributed by atoms with Crippen LogP contribution in [0.3, 0.4) is 0 Å². The Kier molecular flexibility index (Phi) is 4.57. The molecule has 6 heteroatoms. The molecule has 4 aliphatic heterocycles. The van der Waals surface area contributed by atoms with Gasteiger partial charge in [0, 0.05) is 6.07 Å². The second-order valence-electron chi connectivity index (χ2n) is 12.8. The molecule has 0 saturated heterocycles. The Morgan fingerprint density at radius 1 is 0.596 bits per heavy atom. The Bertz CT molecular complexity index is 2490. The van der Waals surface area contributed by atoms with E-state index < -0.39 is 5.66 Å². The molecule has 6 heterocycles. The molecule has 2 aromatic heterocycles. The lowest BCUT2D eigenvalue weighted by Gasteiger charge is -2.41. The molecular weight excluding hydrogens is 580 g/mol. The van der Waals surface area contributed by atoms with Crippen LogP contribution in [-0.4, -0.2) is 4.68 Å². The molecule has 47 heavy (non-hydrogen) atoms. The Labute approximate surface area is 271 Å². The molecule has 1 atom stereocenters. The summed E-state index contributed by atoms with van der Waals surface area (Å²) >= 11 is 0. The topological polar surface area (TPSA) is 34.4 Å². The van der Waals surface area contributed by atoms with Crippen molar-refractivity contribution in [3.8, 4) is 51.1 Å². The van der Waals surface area contributed by atoms with Crippen molar-refractivity contribution >= 4 is 17.1 Å². The van der Waals surface area contributed by atoms with Gasteiger partial charge in [-0.05, 0) is 88.8 Å². The van der Waals surface area contributed by atoms with Gasteiger partial charge in [-0.25, -0.2) is 0 Å². The van der Waals surface area contributed by atoms with Gasteiger partial charge in [-0.3, -0.25) is 0 Å². The standard InChI is InChI=1S/C41H28N4O2/c1-25-21-28(27-11-4-3-5-12-27)22-26(2)37(25)29-23-43-31-18-19-35-40-39(31)41(44(43)24-29)38-32(45(40)30-13-6-7-15-33(30)46-35)14-10-16-34(38)47-36-17-8-9-20-42(36)41/h3-24H,1-2H3/q+2. The van der Waals surface area contributed by atoms with Gasteiger partial charge in [0.1, 0.15) is 11.4 Å². The van der Waals surface area contributed by atoms with E-state index in [1.165, 1.54) is 38.9 Å². The number of hydrogen-bond acceptors (Lipinski definition) is 3. The molecule has 6 nitrogen and oxygen atoms in total. The maximum Gasteiger partial charge on any atom is 0.449 e. The lowest BCUT2D eigenvalue weighted by molar-refractivity contribution is -0.997. The molecule has 11 rings (SSSR count). The summed E-state index contributed by atoms with van der Waals surface area (Å²) in [7, 11) is 0. The lowest BCUT2D eigenvalue weighted by Crippen LogP contribution is -2.76. The van der Waals surface area contributed by atoms with Gasteiger partial charge in [-0.2, -0.15) is 0 Å². The minimum Gasteiger partial charge on any atom is -0.453 e. The van der Waals surface area contributed by atoms with Gasteiger partial charge in [0.15, 0.2) is 34.6 Å². The molecule has 1 spiro atoms. The predicted molar refractivity (Wildman–Crippen MR) is 179 cm³/mol. The number of aromatic nitrogens is 3. The quantitative estimate of drug-likeness (QED) is 0.184. The van der Waals surface area contributed by atoms with Gasteiger partial charge in [-0.15, -0.1) is 4.68 Å². The summed E-state index contributed by atoms with van der Waals surface area (Å²) in [6, 6.07) is 40.5. The monoisotopic (exact) mass is 608 g/mol. The molecule has 0 fully saturated rings. The van der Waals surface area contributed by atoms with Crippen LogP contribution in [0.4, 0.5) is 17.1 Å². The predicted octanol–water partition coefficient (Wildman–Crippen LogP) is 8.61. The zero-order valence-corrected chi connectivity index (χ0v) is 25.8.